The van der Waals surface area contributed by atoms with E-state index in [0.717, 1.165) is 31.5 Å². The number of carbonyl (C=O) groups excluding carboxylic acids is 1. The summed E-state index contributed by atoms with van der Waals surface area (Å²) in [5.74, 6) is 0.133. The van der Waals surface area contributed by atoms with Crippen molar-refractivity contribution in [2.75, 3.05) is 6.54 Å². The number of rotatable bonds is 3. The summed E-state index contributed by atoms with van der Waals surface area (Å²) in [6.07, 6.45) is 4.35. The number of aromatic amines is 1. The van der Waals surface area contributed by atoms with Gasteiger partial charge in [-0.25, -0.2) is 0 Å². The first-order valence-electron chi connectivity index (χ1n) is 6.62. The molecule has 1 fully saturated rings. The smallest absolute Gasteiger partial charge is 0.223 e. The van der Waals surface area contributed by atoms with Gasteiger partial charge in [-0.05, 0) is 45.2 Å². The normalized spacial score (nSPS) is 23.1. The molecule has 1 unspecified atom stereocenters. The van der Waals surface area contributed by atoms with E-state index in [9.17, 15) is 9.90 Å². The largest absolute Gasteiger partial charge is 0.391 e. The molecule has 2 N–H and O–H groups in total. The molecule has 1 aliphatic rings. The van der Waals surface area contributed by atoms with Crippen LogP contribution in [-0.4, -0.2) is 39.1 Å². The zero-order valence-electron chi connectivity index (χ0n) is 11.1. The summed E-state index contributed by atoms with van der Waals surface area (Å²) < 4.78 is 0. The molecule has 1 aromatic heterocycles. The lowest BCUT2D eigenvalue weighted by Gasteiger charge is -2.46. The van der Waals surface area contributed by atoms with Crippen molar-refractivity contribution in [3.05, 3.63) is 24.0 Å². The van der Waals surface area contributed by atoms with Crippen molar-refractivity contribution in [1.82, 2.24) is 9.88 Å². The lowest BCUT2D eigenvalue weighted by molar-refractivity contribution is -0.145. The molecular formula is C14H22N2O2. The number of amides is 1. The average molecular weight is 250 g/mol. The fraction of sp³-hybridized carbons (Fsp3) is 0.643. The predicted octanol–water partition coefficient (Wildman–Crippen LogP) is 1.71. The summed E-state index contributed by atoms with van der Waals surface area (Å²) in [5, 5.41) is 10.0. The second-order valence-electron chi connectivity index (χ2n) is 5.55. The summed E-state index contributed by atoms with van der Waals surface area (Å²) in [4.78, 5) is 17.2. The highest BCUT2D eigenvalue weighted by atomic mass is 16.3. The lowest BCUT2D eigenvalue weighted by Crippen LogP contribution is -2.58. The number of nitrogens with one attached hydrogen (secondary N) is 1. The Kier molecular flexibility index (Phi) is 3.76. The number of H-pyrrole nitrogens is 1. The number of piperidine rings is 1. The number of likely N-dealkylation sites (tertiary alicyclic amines) is 1. The maximum atomic E-state index is 12.3. The van der Waals surface area contributed by atoms with Gasteiger partial charge in [0.05, 0.1) is 11.6 Å². The molecule has 1 aromatic rings. The molecule has 1 aliphatic heterocycles. The minimum absolute atomic E-state index is 0.133. The molecule has 0 aliphatic carbocycles. The van der Waals surface area contributed by atoms with E-state index >= 15 is 0 Å². The van der Waals surface area contributed by atoms with Crippen LogP contribution in [0.25, 0.3) is 0 Å². The van der Waals surface area contributed by atoms with Crippen LogP contribution in [0.3, 0.4) is 0 Å². The maximum Gasteiger partial charge on any atom is 0.223 e. The number of aliphatic hydroxyl groups is 1. The van der Waals surface area contributed by atoms with Crippen LogP contribution in [0.4, 0.5) is 0 Å². The van der Waals surface area contributed by atoms with Crippen LogP contribution in [0, 0.1) is 0 Å². The monoisotopic (exact) mass is 250 g/mol. The van der Waals surface area contributed by atoms with Gasteiger partial charge in [-0.3, -0.25) is 4.79 Å². The zero-order chi connectivity index (χ0) is 13.2. The van der Waals surface area contributed by atoms with Crippen LogP contribution < -0.4 is 0 Å². The van der Waals surface area contributed by atoms with Gasteiger partial charge in [0.1, 0.15) is 0 Å². The Bertz CT molecular complexity index is 398. The molecule has 4 nitrogen and oxygen atoms in total. The van der Waals surface area contributed by atoms with E-state index in [1.54, 1.807) is 0 Å². The van der Waals surface area contributed by atoms with Crippen LogP contribution in [0.2, 0.25) is 0 Å². The fourth-order valence-electron chi connectivity index (χ4n) is 2.61. The van der Waals surface area contributed by atoms with Gasteiger partial charge in [-0.2, -0.15) is 0 Å². The van der Waals surface area contributed by atoms with E-state index in [1.165, 1.54) is 0 Å². The van der Waals surface area contributed by atoms with E-state index in [1.807, 2.05) is 37.1 Å². The number of aromatic nitrogens is 1. The highest BCUT2D eigenvalue weighted by molar-refractivity contribution is 5.77. The second kappa shape index (κ2) is 5.14. The molecule has 0 spiro atoms. The van der Waals surface area contributed by atoms with Crippen molar-refractivity contribution in [2.45, 2.75) is 51.2 Å². The van der Waals surface area contributed by atoms with Gasteiger partial charge in [0.2, 0.25) is 5.91 Å². The molecule has 1 saturated heterocycles. The van der Waals surface area contributed by atoms with Crippen molar-refractivity contribution in [2.24, 2.45) is 0 Å². The number of carbonyl (C=O) groups is 1. The van der Waals surface area contributed by atoms with Crippen molar-refractivity contribution in [3.8, 4) is 0 Å². The van der Waals surface area contributed by atoms with Crippen molar-refractivity contribution < 1.29 is 9.90 Å². The molecular weight excluding hydrogens is 228 g/mol. The quantitative estimate of drug-likeness (QED) is 0.858. The summed E-state index contributed by atoms with van der Waals surface area (Å²) >= 11 is 0. The fourth-order valence-corrected chi connectivity index (χ4v) is 2.61. The van der Waals surface area contributed by atoms with Gasteiger partial charge in [0, 0.05) is 24.9 Å². The third kappa shape index (κ3) is 2.58. The third-order valence-electron chi connectivity index (χ3n) is 3.94. The van der Waals surface area contributed by atoms with Gasteiger partial charge < -0.3 is 15.0 Å². The number of aliphatic hydroxyl groups excluding tert-OH is 1. The molecule has 100 valence electrons. The topological polar surface area (TPSA) is 56.3 Å². The van der Waals surface area contributed by atoms with Crippen LogP contribution in [-0.2, 0) is 11.2 Å². The van der Waals surface area contributed by atoms with Crippen LogP contribution in [0.15, 0.2) is 18.3 Å². The summed E-state index contributed by atoms with van der Waals surface area (Å²) in [6.45, 7) is 4.65. The molecule has 0 bridgehead atoms. The number of nitrogens with zero attached hydrogens (tertiary/aromatic N) is 1. The van der Waals surface area contributed by atoms with Crippen molar-refractivity contribution >= 4 is 5.91 Å². The average Bonchev–Trinajstić information content (AvgIpc) is 2.82. The number of hydrogen-bond donors (Lipinski definition) is 2. The molecule has 0 saturated carbocycles. The minimum atomic E-state index is -0.439. The van der Waals surface area contributed by atoms with Crippen molar-refractivity contribution in [1.29, 1.82) is 0 Å². The van der Waals surface area contributed by atoms with Gasteiger partial charge in [0.15, 0.2) is 0 Å². The van der Waals surface area contributed by atoms with Crippen molar-refractivity contribution in [3.63, 3.8) is 0 Å². The Morgan fingerprint density at radius 1 is 1.61 bits per heavy atom. The van der Waals surface area contributed by atoms with Crippen LogP contribution >= 0.6 is 0 Å². The molecule has 4 heteroatoms. The van der Waals surface area contributed by atoms with E-state index in [2.05, 4.69) is 4.98 Å². The standard InChI is InChI=1S/C14H22N2O2/c1-14(2)12(17)6-4-10-16(14)13(18)8-7-11-5-3-9-15-11/h3,5,9,12,15,17H,4,6-8,10H2,1-2H3. The first-order chi connectivity index (χ1) is 8.51. The molecule has 2 rings (SSSR count). The summed E-state index contributed by atoms with van der Waals surface area (Å²) in [6, 6.07) is 3.93. The lowest BCUT2D eigenvalue weighted by atomic mass is 9.87. The molecule has 0 radical (unpaired) electrons. The maximum absolute atomic E-state index is 12.3. The Hall–Kier alpha value is -1.29. The van der Waals surface area contributed by atoms with E-state index < -0.39 is 11.6 Å². The van der Waals surface area contributed by atoms with Gasteiger partial charge in [-0.1, -0.05) is 0 Å². The van der Waals surface area contributed by atoms with Gasteiger partial charge in [0.25, 0.3) is 0 Å². The van der Waals surface area contributed by atoms with Gasteiger partial charge in [-0.15, -0.1) is 0 Å². The van der Waals surface area contributed by atoms with Gasteiger partial charge >= 0.3 is 0 Å². The second-order valence-corrected chi connectivity index (χ2v) is 5.55. The highest BCUT2D eigenvalue weighted by Crippen LogP contribution is 2.28. The molecule has 18 heavy (non-hydrogen) atoms. The first-order valence-corrected chi connectivity index (χ1v) is 6.62. The van der Waals surface area contributed by atoms with E-state index in [4.69, 9.17) is 0 Å². The van der Waals surface area contributed by atoms with Crippen LogP contribution in [0.5, 0.6) is 0 Å². The Morgan fingerprint density at radius 3 is 3.06 bits per heavy atom. The molecule has 1 atom stereocenters. The zero-order valence-corrected chi connectivity index (χ0v) is 11.1. The predicted molar refractivity (Wildman–Crippen MR) is 70.1 cm³/mol. The van der Waals surface area contributed by atoms with E-state index in [-0.39, 0.29) is 5.91 Å². The summed E-state index contributed by atoms with van der Waals surface area (Å²) in [7, 11) is 0. The molecule has 0 aromatic carbocycles. The Labute approximate surface area is 108 Å². The number of hydrogen-bond acceptors (Lipinski definition) is 2. The first kappa shape index (κ1) is 13.1. The minimum Gasteiger partial charge on any atom is -0.391 e. The highest BCUT2D eigenvalue weighted by Gasteiger charge is 2.39. The number of aryl methyl sites for hydroxylation is 1. The molecule has 1 amide bonds. The third-order valence-corrected chi connectivity index (χ3v) is 3.94. The SMILES string of the molecule is CC1(C)C(O)CCCN1C(=O)CCc1ccc[nH]1. The Morgan fingerprint density at radius 2 is 2.39 bits per heavy atom. The Balaban J connectivity index is 1.95. The molecule has 2 heterocycles. The van der Waals surface area contributed by atoms with E-state index in [0.29, 0.717) is 6.42 Å². The van der Waals surface area contributed by atoms with Crippen LogP contribution in [0.1, 0.15) is 38.8 Å². The summed E-state index contributed by atoms with van der Waals surface area (Å²) in [5.41, 5.74) is 0.643.